The predicted molar refractivity (Wildman–Crippen MR) is 72.3 cm³/mol. The van der Waals surface area contributed by atoms with Gasteiger partial charge in [-0.15, -0.1) is 0 Å². The molecule has 4 heteroatoms. The first-order valence-corrected chi connectivity index (χ1v) is 5.96. The molecular formula is C15H10ClNO2. The summed E-state index contributed by atoms with van der Waals surface area (Å²) in [6, 6.07) is 13.5. The lowest BCUT2D eigenvalue weighted by atomic mass is 10.1. The van der Waals surface area contributed by atoms with E-state index in [0.717, 1.165) is 5.56 Å². The van der Waals surface area contributed by atoms with E-state index in [1.807, 2.05) is 25.1 Å². The second kappa shape index (κ2) is 5.55. The number of aryl methyl sites for hydroxylation is 1. The van der Waals surface area contributed by atoms with Crippen molar-refractivity contribution in [3.63, 3.8) is 0 Å². The summed E-state index contributed by atoms with van der Waals surface area (Å²) in [5.41, 5.74) is 1.88. The number of nitriles is 1. The van der Waals surface area contributed by atoms with Gasteiger partial charge in [-0.05, 0) is 31.2 Å². The lowest BCUT2D eigenvalue weighted by molar-refractivity contribution is 0.0735. The number of hydrogen-bond acceptors (Lipinski definition) is 3. The molecule has 0 unspecified atom stereocenters. The summed E-state index contributed by atoms with van der Waals surface area (Å²) in [6.45, 7) is 1.94. The Kier molecular flexibility index (Phi) is 3.84. The second-order valence-corrected chi connectivity index (χ2v) is 4.42. The van der Waals surface area contributed by atoms with E-state index in [0.29, 0.717) is 16.9 Å². The third-order valence-corrected chi connectivity index (χ3v) is 2.87. The minimum absolute atomic E-state index is 0.261. The highest BCUT2D eigenvalue weighted by molar-refractivity contribution is 6.31. The molecule has 0 aliphatic carbocycles. The molecule has 0 aliphatic rings. The van der Waals surface area contributed by atoms with Crippen molar-refractivity contribution >= 4 is 17.6 Å². The Morgan fingerprint density at radius 1 is 1.21 bits per heavy atom. The third-order valence-electron chi connectivity index (χ3n) is 2.56. The maximum atomic E-state index is 11.9. The van der Waals surface area contributed by atoms with Gasteiger partial charge in [0.25, 0.3) is 0 Å². The highest BCUT2D eigenvalue weighted by atomic mass is 35.5. The first-order valence-electron chi connectivity index (χ1n) is 5.58. The molecule has 0 spiro atoms. The summed E-state index contributed by atoms with van der Waals surface area (Å²) in [4.78, 5) is 11.9. The maximum absolute atomic E-state index is 11.9. The molecule has 0 saturated heterocycles. The number of hydrogen-bond donors (Lipinski definition) is 0. The van der Waals surface area contributed by atoms with Crippen LogP contribution < -0.4 is 4.74 Å². The van der Waals surface area contributed by atoms with Gasteiger partial charge in [-0.2, -0.15) is 5.26 Å². The fourth-order valence-electron chi connectivity index (χ4n) is 1.51. The lowest BCUT2D eigenvalue weighted by Gasteiger charge is -2.05. The van der Waals surface area contributed by atoms with Crippen LogP contribution in [0.4, 0.5) is 0 Å². The van der Waals surface area contributed by atoms with E-state index in [2.05, 4.69) is 0 Å². The Bertz CT molecular complexity index is 657. The molecule has 94 valence electrons. The van der Waals surface area contributed by atoms with Gasteiger partial charge in [0.2, 0.25) is 0 Å². The number of esters is 1. The van der Waals surface area contributed by atoms with Crippen LogP contribution in [-0.2, 0) is 0 Å². The summed E-state index contributed by atoms with van der Waals surface area (Å²) in [5.74, 6) is -0.143. The van der Waals surface area contributed by atoms with Gasteiger partial charge in [0.1, 0.15) is 11.8 Å². The van der Waals surface area contributed by atoms with Gasteiger partial charge in [0.05, 0.1) is 16.1 Å². The lowest BCUT2D eigenvalue weighted by Crippen LogP contribution is -2.08. The van der Waals surface area contributed by atoms with Crippen LogP contribution in [0, 0.1) is 18.3 Å². The number of halogens is 1. The molecule has 2 aromatic carbocycles. The Morgan fingerprint density at radius 2 is 1.89 bits per heavy atom. The minimum atomic E-state index is -0.458. The van der Waals surface area contributed by atoms with E-state index in [4.69, 9.17) is 21.6 Å². The van der Waals surface area contributed by atoms with Crippen LogP contribution in [-0.4, -0.2) is 5.97 Å². The molecule has 0 amide bonds. The average molecular weight is 272 g/mol. The summed E-state index contributed by atoms with van der Waals surface area (Å²) in [7, 11) is 0. The van der Waals surface area contributed by atoms with E-state index in [-0.39, 0.29) is 5.02 Å². The number of carbonyl (C=O) groups excluding carboxylic acids is 1. The van der Waals surface area contributed by atoms with Crippen molar-refractivity contribution in [2.24, 2.45) is 0 Å². The van der Waals surface area contributed by atoms with Crippen molar-refractivity contribution in [3.05, 3.63) is 64.2 Å². The average Bonchev–Trinajstić information content (AvgIpc) is 2.39. The molecule has 0 N–H and O–H groups in total. The van der Waals surface area contributed by atoms with E-state index in [9.17, 15) is 4.79 Å². The molecule has 0 aliphatic heterocycles. The molecule has 3 nitrogen and oxygen atoms in total. The van der Waals surface area contributed by atoms with Crippen LogP contribution in [0.5, 0.6) is 5.75 Å². The highest BCUT2D eigenvalue weighted by Crippen LogP contribution is 2.22. The van der Waals surface area contributed by atoms with Crippen molar-refractivity contribution in [1.29, 1.82) is 5.26 Å². The molecule has 0 aromatic heterocycles. The summed E-state index contributed by atoms with van der Waals surface area (Å²) >= 11 is 5.87. The van der Waals surface area contributed by atoms with E-state index < -0.39 is 5.97 Å². The second-order valence-electron chi connectivity index (χ2n) is 4.01. The maximum Gasteiger partial charge on any atom is 0.343 e. The zero-order valence-corrected chi connectivity index (χ0v) is 10.9. The Labute approximate surface area is 116 Å². The summed E-state index contributed by atoms with van der Waals surface area (Å²) in [6.07, 6.45) is 0. The fraction of sp³-hybridized carbons (Fsp3) is 0.0667. The van der Waals surface area contributed by atoms with Crippen molar-refractivity contribution in [2.45, 2.75) is 6.92 Å². The first-order chi connectivity index (χ1) is 9.10. The quantitative estimate of drug-likeness (QED) is 0.617. The Balaban J connectivity index is 2.17. The van der Waals surface area contributed by atoms with Crippen LogP contribution in [0.2, 0.25) is 5.02 Å². The van der Waals surface area contributed by atoms with Gasteiger partial charge in [0, 0.05) is 6.07 Å². The molecule has 0 bridgehead atoms. The number of nitrogens with zero attached hydrogens (tertiary/aromatic N) is 1. The summed E-state index contributed by atoms with van der Waals surface area (Å²) < 4.78 is 5.19. The molecule has 0 heterocycles. The zero-order valence-electron chi connectivity index (χ0n) is 10.2. The van der Waals surface area contributed by atoms with Crippen molar-refractivity contribution in [2.75, 3.05) is 0 Å². The topological polar surface area (TPSA) is 50.1 Å². The van der Waals surface area contributed by atoms with Crippen LogP contribution in [0.1, 0.15) is 21.5 Å². The fourth-order valence-corrected chi connectivity index (χ4v) is 1.72. The van der Waals surface area contributed by atoms with Crippen molar-refractivity contribution < 1.29 is 9.53 Å². The minimum Gasteiger partial charge on any atom is -0.423 e. The molecule has 0 radical (unpaired) electrons. The molecule has 0 saturated carbocycles. The van der Waals surface area contributed by atoms with Gasteiger partial charge in [0.15, 0.2) is 0 Å². The molecular weight excluding hydrogens is 262 g/mol. The molecule has 0 atom stereocenters. The van der Waals surface area contributed by atoms with Gasteiger partial charge >= 0.3 is 5.97 Å². The van der Waals surface area contributed by atoms with Crippen LogP contribution in [0.3, 0.4) is 0 Å². The number of carbonyl (C=O) groups is 1. The Hall–Kier alpha value is -2.31. The largest absolute Gasteiger partial charge is 0.423 e. The van der Waals surface area contributed by atoms with E-state index in [1.165, 1.54) is 18.2 Å². The van der Waals surface area contributed by atoms with Gasteiger partial charge in [-0.1, -0.05) is 29.3 Å². The normalized spacial score (nSPS) is 9.74. The van der Waals surface area contributed by atoms with E-state index >= 15 is 0 Å². The van der Waals surface area contributed by atoms with Gasteiger partial charge in [-0.25, -0.2) is 4.79 Å². The smallest absolute Gasteiger partial charge is 0.343 e. The van der Waals surface area contributed by atoms with Crippen LogP contribution >= 0.6 is 11.6 Å². The van der Waals surface area contributed by atoms with Crippen LogP contribution in [0.15, 0.2) is 42.5 Å². The molecule has 19 heavy (non-hydrogen) atoms. The summed E-state index contributed by atoms with van der Waals surface area (Å²) in [5, 5.41) is 9.01. The number of rotatable bonds is 2. The molecule has 2 rings (SSSR count). The predicted octanol–water partition coefficient (Wildman–Crippen LogP) is 3.74. The highest BCUT2D eigenvalue weighted by Gasteiger charge is 2.09. The standard InChI is InChI=1S/C15H10ClNO2/c1-10-2-4-11(5-3-10)15(18)19-13-7-6-12(9-17)14(16)8-13/h2-8H,1H3. The van der Waals surface area contributed by atoms with E-state index in [1.54, 1.807) is 12.1 Å². The van der Waals surface area contributed by atoms with Gasteiger partial charge in [-0.3, -0.25) is 0 Å². The molecule has 2 aromatic rings. The molecule has 0 fully saturated rings. The number of benzene rings is 2. The Morgan fingerprint density at radius 3 is 2.47 bits per heavy atom. The zero-order chi connectivity index (χ0) is 13.8. The van der Waals surface area contributed by atoms with Crippen LogP contribution in [0.25, 0.3) is 0 Å². The van der Waals surface area contributed by atoms with Crippen molar-refractivity contribution in [3.8, 4) is 11.8 Å². The third kappa shape index (κ3) is 3.12. The van der Waals surface area contributed by atoms with Gasteiger partial charge < -0.3 is 4.74 Å². The van der Waals surface area contributed by atoms with Crippen molar-refractivity contribution in [1.82, 2.24) is 0 Å². The number of ether oxygens (including phenoxy) is 1. The first kappa shape index (κ1) is 13.1. The SMILES string of the molecule is Cc1ccc(C(=O)Oc2ccc(C#N)c(Cl)c2)cc1. The monoisotopic (exact) mass is 271 g/mol.